The Kier molecular flexibility index (Phi) is 7.44. The molecule has 1 nitrogen and oxygen atoms in total. The molecule has 0 aromatic heterocycles. The van der Waals surface area contributed by atoms with Crippen LogP contribution in [-0.4, -0.2) is 32.2 Å². The first-order valence-corrected chi connectivity index (χ1v) is 10.4. The maximum absolute atomic E-state index is 12.0. The molecule has 1 N–H and O–H groups in total. The molecular formula is C7H19F3NP3Si. The van der Waals surface area contributed by atoms with E-state index in [0.717, 1.165) is 6.17 Å². The summed E-state index contributed by atoms with van der Waals surface area (Å²) in [4.78, 5) is 0. The molecule has 0 aromatic carbocycles. The fourth-order valence-corrected chi connectivity index (χ4v) is 6.49. The van der Waals surface area contributed by atoms with Crippen LogP contribution < -0.4 is 5.32 Å². The molecule has 0 amide bonds. The molecule has 0 heterocycles. The van der Waals surface area contributed by atoms with E-state index in [1.165, 1.54) is 0 Å². The van der Waals surface area contributed by atoms with E-state index < -0.39 is 20.3 Å². The maximum atomic E-state index is 12.0. The molecule has 8 heteroatoms. The summed E-state index contributed by atoms with van der Waals surface area (Å²) < 4.78 is 36.0. The van der Waals surface area contributed by atoms with Crippen molar-refractivity contribution in [2.24, 2.45) is 0 Å². The van der Waals surface area contributed by atoms with E-state index in [4.69, 9.17) is 0 Å². The highest BCUT2D eigenvalue weighted by Crippen LogP contribution is 2.34. The summed E-state index contributed by atoms with van der Waals surface area (Å²) in [5.74, 6) is 0. The number of rotatable bonds is 6. The van der Waals surface area contributed by atoms with Crippen LogP contribution in [0.25, 0.3) is 0 Å². The SMILES string of the molecule is CNC[Si](P)(CCCC(F)(F)F)C(P)P. The molecule has 0 radical (unpaired) electrons. The summed E-state index contributed by atoms with van der Waals surface area (Å²) in [6.45, 7) is 0. The molecule has 0 aliphatic heterocycles. The van der Waals surface area contributed by atoms with Crippen molar-refractivity contribution in [2.75, 3.05) is 13.2 Å². The molecule has 0 spiro atoms. The van der Waals surface area contributed by atoms with Crippen molar-refractivity contribution < 1.29 is 13.2 Å². The monoisotopic (exact) mass is 295 g/mol. The van der Waals surface area contributed by atoms with Crippen LogP contribution in [0.3, 0.4) is 0 Å². The normalized spacial score (nSPS) is 16.8. The van der Waals surface area contributed by atoms with Gasteiger partial charge in [0.1, 0.15) is 0 Å². The van der Waals surface area contributed by atoms with Crippen LogP contribution in [0.15, 0.2) is 0 Å². The summed E-state index contributed by atoms with van der Waals surface area (Å²) in [5.41, 5.74) is 0. The van der Waals surface area contributed by atoms with Gasteiger partial charge in [-0.3, -0.25) is 0 Å². The van der Waals surface area contributed by atoms with E-state index in [-0.39, 0.29) is 6.42 Å². The Morgan fingerprint density at radius 2 is 1.87 bits per heavy atom. The summed E-state index contributed by atoms with van der Waals surface area (Å²) in [5, 5.41) is 3.39. The second kappa shape index (κ2) is 6.86. The quantitative estimate of drug-likeness (QED) is 0.586. The number of nitrogens with one attached hydrogen (secondary N) is 1. The summed E-state index contributed by atoms with van der Waals surface area (Å²) >= 11 is 0. The van der Waals surface area contributed by atoms with Gasteiger partial charge in [0.05, 0.1) is 7.74 Å². The Morgan fingerprint density at radius 1 is 1.33 bits per heavy atom. The molecule has 0 rings (SSSR count). The predicted molar refractivity (Wildman–Crippen MR) is 72.7 cm³/mol. The lowest BCUT2D eigenvalue weighted by Gasteiger charge is -2.30. The number of hydrogen-bond donors (Lipinski definition) is 1. The topological polar surface area (TPSA) is 12.0 Å². The largest absolute Gasteiger partial charge is 0.389 e. The van der Waals surface area contributed by atoms with Crippen LogP contribution in [0.2, 0.25) is 6.04 Å². The van der Waals surface area contributed by atoms with Gasteiger partial charge in [0, 0.05) is 6.42 Å². The third-order valence-corrected chi connectivity index (χ3v) is 14.8. The zero-order chi connectivity index (χ0) is 12.1. The van der Waals surface area contributed by atoms with Crippen LogP contribution in [0.4, 0.5) is 13.2 Å². The van der Waals surface area contributed by atoms with Gasteiger partial charge in [-0.2, -0.15) is 13.2 Å². The highest BCUT2D eigenvalue weighted by atomic mass is 31.3. The van der Waals surface area contributed by atoms with Gasteiger partial charge in [-0.15, -0.1) is 27.3 Å². The Labute approximate surface area is 97.2 Å². The first-order valence-electron chi connectivity index (χ1n) is 4.73. The van der Waals surface area contributed by atoms with Crippen molar-refractivity contribution in [1.29, 1.82) is 0 Å². The van der Waals surface area contributed by atoms with Crippen molar-refractivity contribution in [2.45, 2.75) is 30.1 Å². The average molecular weight is 295 g/mol. The minimum absolute atomic E-state index is 0.236. The Hall–Kier alpha value is 1.26. The number of hydrogen-bond acceptors (Lipinski definition) is 1. The van der Waals surface area contributed by atoms with E-state index in [9.17, 15) is 13.2 Å². The van der Waals surface area contributed by atoms with Gasteiger partial charge in [-0.1, -0.05) is 6.04 Å². The minimum atomic E-state index is -4.02. The fourth-order valence-electron chi connectivity index (χ4n) is 1.32. The zero-order valence-corrected chi connectivity index (χ0v) is 13.2. The van der Waals surface area contributed by atoms with E-state index in [2.05, 4.69) is 32.6 Å². The molecule has 15 heavy (non-hydrogen) atoms. The molecule has 0 aromatic rings. The van der Waals surface area contributed by atoms with Gasteiger partial charge >= 0.3 is 6.18 Å². The Morgan fingerprint density at radius 3 is 2.20 bits per heavy atom. The number of halogens is 3. The second-order valence-corrected chi connectivity index (χ2v) is 14.7. The summed E-state index contributed by atoms with van der Waals surface area (Å²) in [7, 11) is 8.33. The smallest absolute Gasteiger partial charge is 0.322 e. The molecule has 0 saturated heterocycles. The maximum Gasteiger partial charge on any atom is 0.389 e. The molecule has 0 bridgehead atoms. The van der Waals surface area contributed by atoms with E-state index in [0.29, 0.717) is 11.1 Å². The van der Waals surface area contributed by atoms with Gasteiger partial charge in [0.15, 0.2) is 0 Å². The van der Waals surface area contributed by atoms with Gasteiger partial charge in [0.25, 0.3) is 0 Å². The van der Waals surface area contributed by atoms with Gasteiger partial charge < -0.3 is 5.32 Å². The lowest BCUT2D eigenvalue weighted by atomic mass is 10.3. The van der Waals surface area contributed by atoms with Crippen LogP contribution in [-0.2, 0) is 0 Å². The predicted octanol–water partition coefficient (Wildman–Crippen LogP) is 2.52. The first kappa shape index (κ1) is 16.3. The van der Waals surface area contributed by atoms with Gasteiger partial charge in [-0.05, 0) is 24.7 Å². The average Bonchev–Trinajstić information content (AvgIpc) is 2.01. The highest BCUT2D eigenvalue weighted by molar-refractivity contribution is 7.75. The van der Waals surface area contributed by atoms with Crippen molar-refractivity contribution >= 4 is 35.0 Å². The highest BCUT2D eigenvalue weighted by Gasteiger charge is 2.33. The van der Waals surface area contributed by atoms with Crippen LogP contribution in [0, 0.1) is 0 Å². The summed E-state index contributed by atoms with van der Waals surface area (Å²) in [6, 6.07) is 0.676. The lowest BCUT2D eigenvalue weighted by molar-refractivity contribution is -0.134. The van der Waals surface area contributed by atoms with Crippen LogP contribution >= 0.6 is 27.3 Å². The molecular weight excluding hydrogens is 276 g/mol. The minimum Gasteiger partial charge on any atom is -0.322 e. The molecule has 4 atom stereocenters. The number of alkyl halides is 3. The van der Waals surface area contributed by atoms with E-state index >= 15 is 0 Å². The van der Waals surface area contributed by atoms with Crippen LogP contribution in [0.5, 0.6) is 0 Å². The molecule has 0 aliphatic carbocycles. The molecule has 0 fully saturated rings. The van der Waals surface area contributed by atoms with E-state index in [1.54, 1.807) is 0 Å². The van der Waals surface area contributed by atoms with Crippen LogP contribution in [0.1, 0.15) is 12.8 Å². The molecule has 4 unspecified atom stereocenters. The third kappa shape index (κ3) is 7.23. The van der Waals surface area contributed by atoms with Crippen molar-refractivity contribution in [3.63, 3.8) is 0 Å². The Bertz CT molecular complexity index is 191. The van der Waals surface area contributed by atoms with Crippen molar-refractivity contribution in [1.82, 2.24) is 5.32 Å². The second-order valence-electron chi connectivity index (χ2n) is 3.76. The van der Waals surface area contributed by atoms with Gasteiger partial charge in [0.2, 0.25) is 0 Å². The van der Waals surface area contributed by atoms with Crippen molar-refractivity contribution in [3.05, 3.63) is 0 Å². The molecule has 0 saturated carbocycles. The van der Waals surface area contributed by atoms with Gasteiger partial charge in [-0.25, -0.2) is 0 Å². The Balaban J connectivity index is 4.08. The van der Waals surface area contributed by atoms with E-state index in [1.807, 2.05) is 7.05 Å². The first-order chi connectivity index (χ1) is 6.71. The standard InChI is InChI=1S/C7H19F3NP3Si/c1-11-5-15(14,6(12)13)4-2-3-7(8,9)10/h6,11H,2-5,12-14H2,1H3. The van der Waals surface area contributed by atoms with Crippen molar-refractivity contribution in [3.8, 4) is 0 Å². The molecule has 92 valence electrons. The molecule has 0 aliphatic rings. The third-order valence-electron chi connectivity index (χ3n) is 2.27. The zero-order valence-electron chi connectivity index (χ0n) is 8.77. The fraction of sp³-hybridized carbons (Fsp3) is 1.00. The lowest BCUT2D eigenvalue weighted by Crippen LogP contribution is -2.44. The summed E-state index contributed by atoms with van der Waals surface area (Å²) in [6.07, 6.45) is -3.62.